The fourth-order valence-electron chi connectivity index (χ4n) is 3.36. The van der Waals surface area contributed by atoms with Gasteiger partial charge in [-0.25, -0.2) is 0 Å². The second kappa shape index (κ2) is 8.75. The zero-order chi connectivity index (χ0) is 20.1. The molecule has 150 valence electrons. The van der Waals surface area contributed by atoms with E-state index < -0.39 is 11.7 Å². The lowest BCUT2D eigenvalue weighted by atomic mass is 10.1. The lowest BCUT2D eigenvalue weighted by molar-refractivity contribution is -0.137. The molecule has 28 heavy (non-hydrogen) atoms. The number of hydrogen-bond acceptors (Lipinski definition) is 3. The first-order valence-corrected chi connectivity index (χ1v) is 9.33. The van der Waals surface area contributed by atoms with Gasteiger partial charge in [0.1, 0.15) is 0 Å². The van der Waals surface area contributed by atoms with Crippen molar-refractivity contribution >= 4 is 5.91 Å². The zero-order valence-corrected chi connectivity index (χ0v) is 15.6. The first kappa shape index (κ1) is 20.4. The fourth-order valence-corrected chi connectivity index (χ4v) is 3.36. The number of nitrogens with zero attached hydrogens (tertiary/aromatic N) is 2. The van der Waals surface area contributed by atoms with E-state index in [0.717, 1.165) is 36.2 Å². The Labute approximate surface area is 162 Å². The maximum atomic E-state index is 12.7. The predicted octanol–water partition coefficient (Wildman–Crippen LogP) is 3.51. The predicted molar refractivity (Wildman–Crippen MR) is 102 cm³/mol. The van der Waals surface area contributed by atoms with Crippen LogP contribution in [-0.2, 0) is 19.3 Å². The Kier molecular flexibility index (Phi) is 6.36. The molecule has 0 atom stereocenters. The number of amides is 1. The molecule has 0 aliphatic carbocycles. The van der Waals surface area contributed by atoms with Crippen molar-refractivity contribution in [3.05, 3.63) is 70.8 Å². The fraction of sp³-hybridized carbons (Fsp3) is 0.381. The Hall–Kier alpha value is -2.38. The highest BCUT2D eigenvalue weighted by atomic mass is 19.4. The van der Waals surface area contributed by atoms with Crippen molar-refractivity contribution in [3.63, 3.8) is 0 Å². The van der Waals surface area contributed by atoms with Crippen LogP contribution < -0.4 is 5.73 Å². The van der Waals surface area contributed by atoms with E-state index in [1.165, 1.54) is 12.1 Å². The van der Waals surface area contributed by atoms with Crippen LogP contribution in [-0.4, -0.2) is 41.9 Å². The lowest BCUT2D eigenvalue weighted by Gasteiger charge is -2.22. The van der Waals surface area contributed by atoms with Crippen LogP contribution in [0.1, 0.15) is 33.5 Å². The molecule has 1 heterocycles. The summed E-state index contributed by atoms with van der Waals surface area (Å²) >= 11 is 0. The zero-order valence-electron chi connectivity index (χ0n) is 15.6. The summed E-state index contributed by atoms with van der Waals surface area (Å²) in [7, 11) is 0. The van der Waals surface area contributed by atoms with E-state index >= 15 is 0 Å². The van der Waals surface area contributed by atoms with Crippen molar-refractivity contribution in [1.82, 2.24) is 9.80 Å². The van der Waals surface area contributed by atoms with Gasteiger partial charge in [-0.2, -0.15) is 13.2 Å². The normalized spacial score (nSPS) is 16.1. The van der Waals surface area contributed by atoms with E-state index in [2.05, 4.69) is 4.90 Å². The molecule has 0 saturated carbocycles. The largest absolute Gasteiger partial charge is 0.416 e. The first-order chi connectivity index (χ1) is 13.4. The number of hydrogen-bond donors (Lipinski definition) is 1. The number of carbonyl (C=O) groups excluding carboxylic acids is 1. The van der Waals surface area contributed by atoms with Gasteiger partial charge in [-0.15, -0.1) is 0 Å². The van der Waals surface area contributed by atoms with Gasteiger partial charge in [-0.1, -0.05) is 24.3 Å². The molecule has 0 radical (unpaired) electrons. The van der Waals surface area contributed by atoms with Gasteiger partial charge in [0.25, 0.3) is 5.91 Å². The van der Waals surface area contributed by atoms with Crippen molar-refractivity contribution in [2.45, 2.75) is 25.7 Å². The topological polar surface area (TPSA) is 49.6 Å². The van der Waals surface area contributed by atoms with Crippen molar-refractivity contribution < 1.29 is 18.0 Å². The summed E-state index contributed by atoms with van der Waals surface area (Å²) in [5.41, 5.74) is 7.42. The number of carbonyl (C=O) groups is 1. The van der Waals surface area contributed by atoms with Crippen LogP contribution in [0.5, 0.6) is 0 Å². The first-order valence-electron chi connectivity index (χ1n) is 9.33. The van der Waals surface area contributed by atoms with Crippen molar-refractivity contribution in [1.29, 1.82) is 0 Å². The number of halogens is 3. The van der Waals surface area contributed by atoms with Gasteiger partial charge in [0.05, 0.1) is 5.56 Å². The molecule has 2 aromatic rings. The standard InChI is InChI=1S/C21H24F3N3O/c22-21(23,24)19-8-4-17(5-9-19)15-26-10-1-11-27(13-12-26)20(28)18-6-2-16(14-25)3-7-18/h2-9H,1,10-15,25H2. The molecule has 4 nitrogen and oxygen atoms in total. The molecule has 1 aliphatic rings. The van der Waals surface area contributed by atoms with Crippen LogP contribution in [0.4, 0.5) is 13.2 Å². The van der Waals surface area contributed by atoms with E-state index in [1.54, 1.807) is 12.1 Å². The highest BCUT2D eigenvalue weighted by Gasteiger charge is 2.30. The van der Waals surface area contributed by atoms with Crippen LogP contribution >= 0.6 is 0 Å². The van der Waals surface area contributed by atoms with E-state index in [9.17, 15) is 18.0 Å². The van der Waals surface area contributed by atoms with Crippen LogP contribution in [0.2, 0.25) is 0 Å². The number of alkyl halides is 3. The molecule has 3 rings (SSSR count). The van der Waals surface area contributed by atoms with Crippen LogP contribution in [0.3, 0.4) is 0 Å². The minimum absolute atomic E-state index is 0.0000449. The molecule has 7 heteroatoms. The van der Waals surface area contributed by atoms with Gasteiger partial charge < -0.3 is 10.6 Å². The van der Waals surface area contributed by atoms with E-state index in [1.807, 2.05) is 17.0 Å². The van der Waals surface area contributed by atoms with Crippen molar-refractivity contribution in [2.24, 2.45) is 5.73 Å². The SMILES string of the molecule is NCc1ccc(C(=O)N2CCCN(Cc3ccc(C(F)(F)F)cc3)CC2)cc1. The molecule has 1 amide bonds. The third-order valence-corrected chi connectivity index (χ3v) is 5.00. The average Bonchev–Trinajstić information content (AvgIpc) is 2.93. The third-order valence-electron chi connectivity index (χ3n) is 5.00. The lowest BCUT2D eigenvalue weighted by Crippen LogP contribution is -2.35. The Bertz CT molecular complexity index is 788. The molecule has 0 unspecified atom stereocenters. The smallest absolute Gasteiger partial charge is 0.337 e. The highest BCUT2D eigenvalue weighted by molar-refractivity contribution is 5.94. The molecule has 2 aromatic carbocycles. The van der Waals surface area contributed by atoms with E-state index in [4.69, 9.17) is 5.73 Å². The van der Waals surface area contributed by atoms with Gasteiger partial charge in [0.2, 0.25) is 0 Å². The van der Waals surface area contributed by atoms with Crippen LogP contribution in [0, 0.1) is 0 Å². The highest BCUT2D eigenvalue weighted by Crippen LogP contribution is 2.29. The van der Waals surface area contributed by atoms with Gasteiger partial charge in [-0.05, 0) is 41.8 Å². The maximum absolute atomic E-state index is 12.7. The molecular formula is C21H24F3N3O. The molecular weight excluding hydrogens is 367 g/mol. The Morgan fingerprint density at radius 1 is 0.893 bits per heavy atom. The molecule has 0 spiro atoms. The van der Waals surface area contributed by atoms with Crippen LogP contribution in [0.25, 0.3) is 0 Å². The van der Waals surface area contributed by atoms with Gasteiger partial charge in [0, 0.05) is 44.8 Å². The Balaban J connectivity index is 1.57. The van der Waals surface area contributed by atoms with Crippen LogP contribution in [0.15, 0.2) is 48.5 Å². The van der Waals surface area contributed by atoms with Gasteiger partial charge >= 0.3 is 6.18 Å². The molecule has 1 aliphatic heterocycles. The summed E-state index contributed by atoms with van der Waals surface area (Å²) in [5.74, 6) is -0.0000449. The summed E-state index contributed by atoms with van der Waals surface area (Å²) in [6.45, 7) is 3.77. The second-order valence-electron chi connectivity index (χ2n) is 7.02. The summed E-state index contributed by atoms with van der Waals surface area (Å²) in [6.07, 6.45) is -3.49. The van der Waals surface area contributed by atoms with Crippen molar-refractivity contribution in [3.8, 4) is 0 Å². The summed E-state index contributed by atoms with van der Waals surface area (Å²) in [4.78, 5) is 16.7. The number of nitrogens with two attached hydrogens (primary N) is 1. The third kappa shape index (κ3) is 5.11. The summed E-state index contributed by atoms with van der Waals surface area (Å²) in [5, 5.41) is 0. The molecule has 2 N–H and O–H groups in total. The monoisotopic (exact) mass is 391 g/mol. The molecule has 0 bridgehead atoms. The minimum atomic E-state index is -4.32. The second-order valence-corrected chi connectivity index (χ2v) is 7.02. The summed E-state index contributed by atoms with van der Waals surface area (Å²) < 4.78 is 38.0. The van der Waals surface area contributed by atoms with Crippen molar-refractivity contribution in [2.75, 3.05) is 26.2 Å². The van der Waals surface area contributed by atoms with Gasteiger partial charge in [-0.3, -0.25) is 9.69 Å². The molecule has 0 aromatic heterocycles. The minimum Gasteiger partial charge on any atom is -0.337 e. The molecule has 1 fully saturated rings. The average molecular weight is 391 g/mol. The van der Waals surface area contributed by atoms with Gasteiger partial charge in [0.15, 0.2) is 0 Å². The Morgan fingerprint density at radius 3 is 2.14 bits per heavy atom. The quantitative estimate of drug-likeness (QED) is 0.868. The number of rotatable bonds is 4. The Morgan fingerprint density at radius 2 is 1.54 bits per heavy atom. The number of benzene rings is 2. The molecule has 1 saturated heterocycles. The van der Waals surface area contributed by atoms with E-state index in [-0.39, 0.29) is 5.91 Å². The van der Waals surface area contributed by atoms with E-state index in [0.29, 0.717) is 38.3 Å². The maximum Gasteiger partial charge on any atom is 0.416 e. The summed E-state index contributed by atoms with van der Waals surface area (Å²) in [6, 6.07) is 12.6.